The molecule has 0 saturated heterocycles. The maximum Gasteiger partial charge on any atom is 0.330 e. The standard InChI is InChI=1S/C11H19F4N5O/c1-2-3-20-9(17-7-18-20)4-8(19-16)5-21-6-11(14,15)10(12)13/h7-8,10,19H,2-6,16H2,1H3. The molecule has 6 nitrogen and oxygen atoms in total. The number of hydrazine groups is 1. The molecule has 0 saturated carbocycles. The molecule has 1 aromatic heterocycles. The third kappa shape index (κ3) is 5.56. The number of nitrogens with one attached hydrogen (secondary N) is 1. The van der Waals surface area contributed by atoms with Crippen LogP contribution in [0.1, 0.15) is 19.2 Å². The van der Waals surface area contributed by atoms with Crippen LogP contribution < -0.4 is 11.3 Å². The van der Waals surface area contributed by atoms with Gasteiger partial charge in [0.05, 0.1) is 12.6 Å². The van der Waals surface area contributed by atoms with E-state index in [1.54, 1.807) is 4.68 Å². The van der Waals surface area contributed by atoms with Crippen LogP contribution >= 0.6 is 0 Å². The summed E-state index contributed by atoms with van der Waals surface area (Å²) in [5.41, 5.74) is 2.39. The zero-order valence-corrected chi connectivity index (χ0v) is 11.6. The largest absolute Gasteiger partial charge is 0.373 e. The smallest absolute Gasteiger partial charge is 0.330 e. The van der Waals surface area contributed by atoms with Crippen molar-refractivity contribution in [2.45, 2.75) is 44.7 Å². The van der Waals surface area contributed by atoms with Gasteiger partial charge in [0.1, 0.15) is 18.8 Å². The highest BCUT2D eigenvalue weighted by Gasteiger charge is 2.41. The molecule has 0 aromatic carbocycles. The van der Waals surface area contributed by atoms with E-state index < -0.39 is 25.0 Å². The molecule has 1 heterocycles. The average molecular weight is 313 g/mol. The Labute approximate surface area is 119 Å². The van der Waals surface area contributed by atoms with Crippen LogP contribution in [0.25, 0.3) is 0 Å². The lowest BCUT2D eigenvalue weighted by Crippen LogP contribution is -2.42. The third-order valence-corrected chi connectivity index (χ3v) is 2.73. The van der Waals surface area contributed by atoms with Gasteiger partial charge in [-0.1, -0.05) is 6.92 Å². The van der Waals surface area contributed by atoms with E-state index in [1.165, 1.54) is 6.33 Å². The SMILES string of the molecule is CCCn1ncnc1CC(COCC(F)(F)C(F)F)NN. The lowest BCUT2D eigenvalue weighted by atomic mass is 10.2. The van der Waals surface area contributed by atoms with Crippen molar-refractivity contribution in [3.63, 3.8) is 0 Å². The van der Waals surface area contributed by atoms with Crippen LogP contribution in [0.4, 0.5) is 17.6 Å². The summed E-state index contributed by atoms with van der Waals surface area (Å²) in [5.74, 6) is 1.75. The molecule has 0 radical (unpaired) electrons. The number of nitrogens with zero attached hydrogens (tertiary/aromatic N) is 3. The van der Waals surface area contributed by atoms with Crippen LogP contribution in [0.2, 0.25) is 0 Å². The van der Waals surface area contributed by atoms with Crippen molar-refractivity contribution in [3.8, 4) is 0 Å². The number of nitrogens with two attached hydrogens (primary N) is 1. The van der Waals surface area contributed by atoms with Crippen LogP contribution in [0.15, 0.2) is 6.33 Å². The van der Waals surface area contributed by atoms with E-state index in [4.69, 9.17) is 5.84 Å². The van der Waals surface area contributed by atoms with Crippen molar-refractivity contribution in [1.82, 2.24) is 20.2 Å². The van der Waals surface area contributed by atoms with Crippen LogP contribution in [0.3, 0.4) is 0 Å². The molecule has 3 N–H and O–H groups in total. The molecular formula is C11H19F4N5O. The summed E-state index contributed by atoms with van der Waals surface area (Å²) in [6.45, 7) is 1.04. The summed E-state index contributed by atoms with van der Waals surface area (Å²) in [6, 6.07) is -0.529. The van der Waals surface area contributed by atoms with Gasteiger partial charge in [0.15, 0.2) is 0 Å². The Hall–Kier alpha value is -1.26. The molecule has 0 aliphatic rings. The predicted octanol–water partition coefficient (Wildman–Crippen LogP) is 0.979. The minimum atomic E-state index is -4.17. The molecule has 1 unspecified atom stereocenters. The van der Waals surface area contributed by atoms with E-state index in [1.807, 2.05) is 6.92 Å². The monoisotopic (exact) mass is 313 g/mol. The van der Waals surface area contributed by atoms with E-state index in [-0.39, 0.29) is 13.0 Å². The van der Waals surface area contributed by atoms with Crippen molar-refractivity contribution >= 4 is 0 Å². The van der Waals surface area contributed by atoms with Gasteiger partial charge in [0.2, 0.25) is 0 Å². The molecule has 0 bridgehead atoms. The van der Waals surface area contributed by atoms with Crippen LogP contribution in [-0.2, 0) is 17.7 Å². The highest BCUT2D eigenvalue weighted by molar-refractivity contribution is 4.89. The van der Waals surface area contributed by atoms with Gasteiger partial charge >= 0.3 is 12.3 Å². The van der Waals surface area contributed by atoms with Gasteiger partial charge in [-0.05, 0) is 6.42 Å². The van der Waals surface area contributed by atoms with Crippen molar-refractivity contribution in [1.29, 1.82) is 0 Å². The number of rotatable bonds is 10. The Bertz CT molecular complexity index is 415. The second-order valence-electron chi connectivity index (χ2n) is 4.54. The Morgan fingerprint density at radius 1 is 1.48 bits per heavy atom. The number of ether oxygens (including phenoxy) is 1. The van der Waals surface area contributed by atoms with Crippen molar-refractivity contribution in [3.05, 3.63) is 12.2 Å². The molecule has 122 valence electrons. The van der Waals surface area contributed by atoms with E-state index in [9.17, 15) is 17.6 Å². The van der Waals surface area contributed by atoms with Gasteiger partial charge in [-0.25, -0.2) is 13.8 Å². The topological polar surface area (TPSA) is 78.0 Å². The van der Waals surface area contributed by atoms with Crippen LogP contribution in [0, 0.1) is 0 Å². The first-order chi connectivity index (χ1) is 9.90. The second kappa shape index (κ2) is 8.25. The second-order valence-corrected chi connectivity index (χ2v) is 4.54. The molecule has 0 fully saturated rings. The summed E-state index contributed by atoms with van der Waals surface area (Å²) in [4.78, 5) is 4.04. The highest BCUT2D eigenvalue weighted by Crippen LogP contribution is 2.22. The van der Waals surface area contributed by atoms with Gasteiger partial charge in [-0.2, -0.15) is 13.9 Å². The van der Waals surface area contributed by atoms with Crippen LogP contribution in [-0.4, -0.2) is 46.4 Å². The first-order valence-corrected chi connectivity index (χ1v) is 6.47. The molecule has 21 heavy (non-hydrogen) atoms. The predicted molar refractivity (Wildman–Crippen MR) is 66.9 cm³/mol. The molecule has 0 amide bonds. The normalized spacial score (nSPS) is 13.9. The summed E-state index contributed by atoms with van der Waals surface area (Å²) < 4.78 is 55.6. The van der Waals surface area contributed by atoms with E-state index in [2.05, 4.69) is 20.2 Å². The zero-order valence-electron chi connectivity index (χ0n) is 11.6. The van der Waals surface area contributed by atoms with Crippen molar-refractivity contribution < 1.29 is 22.3 Å². The summed E-state index contributed by atoms with van der Waals surface area (Å²) in [6.07, 6.45) is -1.23. The summed E-state index contributed by atoms with van der Waals surface area (Å²) in [7, 11) is 0. The average Bonchev–Trinajstić information content (AvgIpc) is 2.85. The summed E-state index contributed by atoms with van der Waals surface area (Å²) in [5, 5.41) is 4.01. The Morgan fingerprint density at radius 3 is 2.76 bits per heavy atom. The fraction of sp³-hybridized carbons (Fsp3) is 0.818. The van der Waals surface area contributed by atoms with Gasteiger partial charge < -0.3 is 4.74 Å². The minimum absolute atomic E-state index is 0.238. The molecule has 10 heteroatoms. The van der Waals surface area contributed by atoms with Crippen molar-refractivity contribution in [2.24, 2.45) is 5.84 Å². The quantitative estimate of drug-likeness (QED) is 0.382. The van der Waals surface area contributed by atoms with Gasteiger partial charge in [0.25, 0.3) is 0 Å². The van der Waals surface area contributed by atoms with Crippen LogP contribution in [0.5, 0.6) is 0 Å². The maximum atomic E-state index is 12.7. The molecule has 1 aromatic rings. The molecule has 0 aliphatic heterocycles. The number of halogens is 4. The first kappa shape index (κ1) is 17.8. The van der Waals surface area contributed by atoms with E-state index in [0.29, 0.717) is 12.4 Å². The van der Waals surface area contributed by atoms with E-state index in [0.717, 1.165) is 6.42 Å². The maximum absolute atomic E-state index is 12.7. The first-order valence-electron chi connectivity index (χ1n) is 6.47. The number of hydrogen-bond acceptors (Lipinski definition) is 5. The van der Waals surface area contributed by atoms with E-state index >= 15 is 0 Å². The van der Waals surface area contributed by atoms with Gasteiger partial charge in [0, 0.05) is 13.0 Å². The molecular weight excluding hydrogens is 294 g/mol. The Morgan fingerprint density at radius 2 is 2.19 bits per heavy atom. The number of aryl methyl sites for hydroxylation is 1. The Kier molecular flexibility index (Phi) is 6.99. The number of aromatic nitrogens is 3. The third-order valence-electron chi connectivity index (χ3n) is 2.73. The lowest BCUT2D eigenvalue weighted by Gasteiger charge is -2.19. The Balaban J connectivity index is 2.47. The molecule has 1 rings (SSSR count). The fourth-order valence-electron chi connectivity index (χ4n) is 1.63. The lowest BCUT2D eigenvalue weighted by molar-refractivity contribution is -0.167. The molecule has 0 aliphatic carbocycles. The highest BCUT2D eigenvalue weighted by atomic mass is 19.3. The fourth-order valence-corrected chi connectivity index (χ4v) is 1.63. The van der Waals surface area contributed by atoms with Crippen molar-refractivity contribution in [2.75, 3.05) is 13.2 Å². The number of alkyl halides is 4. The van der Waals surface area contributed by atoms with Gasteiger partial charge in [-0.3, -0.25) is 16.0 Å². The summed E-state index contributed by atoms with van der Waals surface area (Å²) >= 11 is 0. The molecule has 1 atom stereocenters. The minimum Gasteiger partial charge on any atom is -0.373 e. The van der Waals surface area contributed by atoms with Gasteiger partial charge in [-0.15, -0.1) is 0 Å². The number of hydrogen-bond donors (Lipinski definition) is 2. The zero-order chi connectivity index (χ0) is 15.9. The molecule has 0 spiro atoms.